The van der Waals surface area contributed by atoms with Gasteiger partial charge < -0.3 is 5.32 Å². The smallest absolute Gasteiger partial charge is 0.282 e. The zero-order valence-electron chi connectivity index (χ0n) is 15.3. The highest BCUT2D eigenvalue weighted by molar-refractivity contribution is 7.86. The summed E-state index contributed by atoms with van der Waals surface area (Å²) in [6.45, 7) is 5.71. The molecule has 0 unspecified atom stereocenters. The molecule has 1 aromatic rings. The van der Waals surface area contributed by atoms with Crippen LogP contribution in [0.2, 0.25) is 0 Å². The summed E-state index contributed by atoms with van der Waals surface area (Å²) in [6, 6.07) is 9.35. The molecule has 2 saturated heterocycles. The lowest BCUT2D eigenvalue weighted by Crippen LogP contribution is -2.55. The highest BCUT2D eigenvalue weighted by atomic mass is 32.2. The highest BCUT2D eigenvalue weighted by Crippen LogP contribution is 2.21. The molecule has 0 bridgehead atoms. The molecule has 3 rings (SSSR count). The fourth-order valence-corrected chi connectivity index (χ4v) is 5.05. The summed E-state index contributed by atoms with van der Waals surface area (Å²) in [4.78, 5) is 14.1. The van der Waals surface area contributed by atoms with Gasteiger partial charge in [-0.15, -0.1) is 0 Å². The van der Waals surface area contributed by atoms with Crippen LogP contribution in [-0.2, 0) is 15.0 Å². The Hall–Kier alpha value is -1.48. The minimum absolute atomic E-state index is 0.0717. The van der Waals surface area contributed by atoms with Crippen LogP contribution < -0.4 is 5.32 Å². The van der Waals surface area contributed by atoms with E-state index in [1.807, 2.05) is 35.2 Å². The van der Waals surface area contributed by atoms with E-state index < -0.39 is 10.2 Å². The zero-order chi connectivity index (χ0) is 18.6. The third kappa shape index (κ3) is 4.82. The van der Waals surface area contributed by atoms with Gasteiger partial charge in [0.05, 0.1) is 6.54 Å². The number of nitrogens with one attached hydrogen (secondary N) is 1. The van der Waals surface area contributed by atoms with E-state index in [1.54, 1.807) is 8.61 Å². The molecule has 26 heavy (non-hydrogen) atoms. The molecule has 144 valence electrons. The van der Waals surface area contributed by atoms with Gasteiger partial charge in [-0.25, -0.2) is 0 Å². The first-order valence-electron chi connectivity index (χ1n) is 9.27. The van der Waals surface area contributed by atoms with Crippen molar-refractivity contribution in [1.29, 1.82) is 0 Å². The van der Waals surface area contributed by atoms with Gasteiger partial charge >= 0.3 is 0 Å². The number of benzene rings is 1. The maximum Gasteiger partial charge on any atom is 0.282 e. The van der Waals surface area contributed by atoms with E-state index in [0.29, 0.717) is 45.2 Å². The first kappa shape index (κ1) is 19.3. The number of carbonyl (C=O) groups excluding carboxylic acids is 1. The largest absolute Gasteiger partial charge is 0.325 e. The van der Waals surface area contributed by atoms with Gasteiger partial charge in [0.2, 0.25) is 5.91 Å². The number of anilines is 1. The lowest BCUT2D eigenvalue weighted by atomic mass is 10.0. The van der Waals surface area contributed by atoms with Crippen LogP contribution in [0.15, 0.2) is 30.3 Å². The Morgan fingerprint density at radius 1 is 1.00 bits per heavy atom. The van der Waals surface area contributed by atoms with Gasteiger partial charge in [-0.05, 0) is 30.9 Å². The van der Waals surface area contributed by atoms with Gasteiger partial charge in [-0.1, -0.05) is 25.1 Å². The Kier molecular flexibility index (Phi) is 6.29. The quantitative estimate of drug-likeness (QED) is 0.834. The van der Waals surface area contributed by atoms with E-state index in [-0.39, 0.29) is 12.5 Å². The monoisotopic (exact) mass is 380 g/mol. The van der Waals surface area contributed by atoms with Gasteiger partial charge in [-0.3, -0.25) is 9.69 Å². The van der Waals surface area contributed by atoms with Crippen LogP contribution in [0.3, 0.4) is 0 Å². The normalized spacial score (nSPS) is 21.6. The fourth-order valence-electron chi connectivity index (χ4n) is 3.42. The number of carbonyl (C=O) groups is 1. The number of amides is 1. The molecular weight excluding hydrogens is 352 g/mol. The van der Waals surface area contributed by atoms with Gasteiger partial charge in [-0.2, -0.15) is 17.0 Å². The lowest BCUT2D eigenvalue weighted by molar-refractivity contribution is -0.117. The van der Waals surface area contributed by atoms with Crippen molar-refractivity contribution in [2.75, 3.05) is 51.1 Å². The number of para-hydroxylation sites is 1. The minimum Gasteiger partial charge on any atom is -0.325 e. The third-order valence-electron chi connectivity index (χ3n) is 5.15. The maximum atomic E-state index is 12.8. The van der Waals surface area contributed by atoms with E-state index >= 15 is 0 Å². The first-order valence-corrected chi connectivity index (χ1v) is 10.7. The van der Waals surface area contributed by atoms with Crippen molar-refractivity contribution in [3.05, 3.63) is 30.3 Å². The van der Waals surface area contributed by atoms with Crippen LogP contribution in [0.1, 0.15) is 19.8 Å². The Morgan fingerprint density at radius 3 is 2.19 bits per heavy atom. The van der Waals surface area contributed by atoms with Gasteiger partial charge in [0.25, 0.3) is 10.2 Å². The summed E-state index contributed by atoms with van der Waals surface area (Å²) in [5.41, 5.74) is 0.776. The van der Waals surface area contributed by atoms with Gasteiger partial charge in [0.15, 0.2) is 0 Å². The van der Waals surface area contributed by atoms with Crippen LogP contribution in [0, 0.1) is 5.92 Å². The molecule has 0 aromatic heterocycles. The minimum atomic E-state index is -3.37. The average Bonchev–Trinajstić information content (AvgIpc) is 2.63. The van der Waals surface area contributed by atoms with Crippen LogP contribution in [0.5, 0.6) is 0 Å². The molecule has 2 heterocycles. The van der Waals surface area contributed by atoms with Crippen molar-refractivity contribution in [1.82, 2.24) is 13.5 Å². The van der Waals surface area contributed by atoms with Crippen molar-refractivity contribution in [2.45, 2.75) is 19.8 Å². The predicted molar refractivity (Wildman–Crippen MR) is 102 cm³/mol. The number of hydrogen-bond acceptors (Lipinski definition) is 4. The number of piperazine rings is 1. The Morgan fingerprint density at radius 2 is 1.58 bits per heavy atom. The van der Waals surface area contributed by atoms with E-state index in [0.717, 1.165) is 18.5 Å². The summed E-state index contributed by atoms with van der Waals surface area (Å²) in [5.74, 6) is 0.527. The lowest BCUT2D eigenvalue weighted by Gasteiger charge is -2.38. The van der Waals surface area contributed by atoms with E-state index in [1.165, 1.54) is 0 Å². The summed E-state index contributed by atoms with van der Waals surface area (Å²) in [7, 11) is -3.37. The van der Waals surface area contributed by atoms with Crippen LogP contribution in [-0.4, -0.2) is 73.6 Å². The molecule has 0 atom stereocenters. The number of rotatable bonds is 5. The van der Waals surface area contributed by atoms with Crippen molar-refractivity contribution in [2.24, 2.45) is 5.92 Å². The van der Waals surface area contributed by atoms with Crippen LogP contribution >= 0.6 is 0 Å². The molecule has 1 amide bonds. The average molecular weight is 381 g/mol. The second-order valence-electron chi connectivity index (χ2n) is 7.18. The second-order valence-corrected chi connectivity index (χ2v) is 9.11. The molecule has 2 aliphatic rings. The molecule has 0 spiro atoms. The molecule has 0 aliphatic carbocycles. The summed E-state index contributed by atoms with van der Waals surface area (Å²) in [6.07, 6.45) is 1.86. The number of nitrogens with zero attached hydrogens (tertiary/aromatic N) is 3. The topological polar surface area (TPSA) is 73.0 Å². The second kappa shape index (κ2) is 8.47. The standard InChI is InChI=1S/C18H28N4O3S/c1-16-7-9-21(10-8-16)26(24,25)22-13-11-20(12-14-22)15-18(23)19-17-5-3-2-4-6-17/h2-6,16H,7-15H2,1H3,(H,19,23). The zero-order valence-corrected chi connectivity index (χ0v) is 16.1. The molecule has 0 radical (unpaired) electrons. The summed E-state index contributed by atoms with van der Waals surface area (Å²) < 4.78 is 28.7. The summed E-state index contributed by atoms with van der Waals surface area (Å²) >= 11 is 0. The van der Waals surface area contributed by atoms with Crippen molar-refractivity contribution < 1.29 is 13.2 Å². The molecule has 2 aliphatic heterocycles. The van der Waals surface area contributed by atoms with E-state index in [9.17, 15) is 13.2 Å². The van der Waals surface area contributed by atoms with Gasteiger partial charge in [0, 0.05) is 45.0 Å². The van der Waals surface area contributed by atoms with Crippen molar-refractivity contribution >= 4 is 21.8 Å². The highest BCUT2D eigenvalue weighted by Gasteiger charge is 2.34. The summed E-state index contributed by atoms with van der Waals surface area (Å²) in [5, 5.41) is 2.87. The number of hydrogen-bond donors (Lipinski definition) is 1. The Balaban J connectivity index is 1.47. The Bertz CT molecular complexity index is 694. The Labute approximate surface area is 156 Å². The molecule has 1 N–H and O–H groups in total. The van der Waals surface area contributed by atoms with Crippen LogP contribution in [0.4, 0.5) is 5.69 Å². The van der Waals surface area contributed by atoms with E-state index in [4.69, 9.17) is 0 Å². The molecule has 0 saturated carbocycles. The predicted octanol–water partition coefficient (Wildman–Crippen LogP) is 1.22. The molecule has 8 heteroatoms. The third-order valence-corrected chi connectivity index (χ3v) is 7.19. The molecular formula is C18H28N4O3S. The number of piperidine rings is 1. The van der Waals surface area contributed by atoms with E-state index in [2.05, 4.69) is 12.2 Å². The fraction of sp³-hybridized carbons (Fsp3) is 0.611. The van der Waals surface area contributed by atoms with Crippen molar-refractivity contribution in [3.63, 3.8) is 0 Å². The van der Waals surface area contributed by atoms with Gasteiger partial charge in [0.1, 0.15) is 0 Å². The SMILES string of the molecule is CC1CCN(S(=O)(=O)N2CCN(CC(=O)Nc3ccccc3)CC2)CC1. The molecule has 1 aromatic carbocycles. The van der Waals surface area contributed by atoms with Crippen molar-refractivity contribution in [3.8, 4) is 0 Å². The maximum absolute atomic E-state index is 12.8. The molecule has 2 fully saturated rings. The van der Waals surface area contributed by atoms with Crippen LogP contribution in [0.25, 0.3) is 0 Å². The molecule has 7 nitrogen and oxygen atoms in total. The first-order chi connectivity index (χ1) is 12.4.